The van der Waals surface area contributed by atoms with E-state index in [9.17, 15) is 8.78 Å². The molecule has 2 nitrogen and oxygen atoms in total. The molecule has 102 valence electrons. The summed E-state index contributed by atoms with van der Waals surface area (Å²) < 4.78 is 31.6. The van der Waals surface area contributed by atoms with E-state index in [1.54, 1.807) is 7.11 Å². The van der Waals surface area contributed by atoms with Gasteiger partial charge in [0, 0.05) is 31.4 Å². The number of halogens is 2. The molecule has 0 radical (unpaired) electrons. The molecule has 0 bridgehead atoms. The lowest BCUT2D eigenvalue weighted by Crippen LogP contribution is -2.23. The Bertz CT molecular complexity index is 358. The molecule has 0 aliphatic rings. The fourth-order valence-electron chi connectivity index (χ4n) is 1.90. The van der Waals surface area contributed by atoms with Gasteiger partial charge in [-0.25, -0.2) is 8.78 Å². The van der Waals surface area contributed by atoms with Crippen LogP contribution in [0.2, 0.25) is 0 Å². The van der Waals surface area contributed by atoms with E-state index in [1.807, 2.05) is 0 Å². The number of hydrogen-bond donors (Lipinski definition) is 1. The first-order valence-corrected chi connectivity index (χ1v) is 6.36. The Labute approximate surface area is 107 Å². The molecule has 4 heteroatoms. The first-order chi connectivity index (χ1) is 8.69. The molecule has 0 heterocycles. The predicted octanol–water partition coefficient (Wildman–Crippen LogP) is 3.43. The Morgan fingerprint density at radius 1 is 1.33 bits per heavy atom. The molecule has 0 aliphatic heterocycles. The van der Waals surface area contributed by atoms with E-state index in [0.29, 0.717) is 12.2 Å². The molecule has 1 N–H and O–H groups in total. The minimum atomic E-state index is -0.539. The zero-order chi connectivity index (χ0) is 13.4. The van der Waals surface area contributed by atoms with Crippen molar-refractivity contribution in [1.82, 2.24) is 5.32 Å². The molecule has 0 saturated carbocycles. The minimum Gasteiger partial charge on any atom is -0.385 e. The molecule has 0 aliphatic carbocycles. The van der Waals surface area contributed by atoms with Crippen molar-refractivity contribution in [3.8, 4) is 0 Å². The van der Waals surface area contributed by atoms with Gasteiger partial charge in [-0.2, -0.15) is 0 Å². The average Bonchev–Trinajstić information content (AvgIpc) is 2.34. The third-order valence-electron chi connectivity index (χ3n) is 2.82. The second kappa shape index (κ2) is 8.16. The van der Waals surface area contributed by atoms with E-state index in [-0.39, 0.29) is 6.04 Å². The van der Waals surface area contributed by atoms with E-state index in [2.05, 4.69) is 12.2 Å². The van der Waals surface area contributed by atoms with Crippen LogP contribution in [0.5, 0.6) is 0 Å². The summed E-state index contributed by atoms with van der Waals surface area (Å²) in [5.74, 6) is -1.02. The molecule has 1 aromatic rings. The Kier molecular flexibility index (Phi) is 6.83. The highest BCUT2D eigenvalue weighted by atomic mass is 19.1. The van der Waals surface area contributed by atoms with Crippen LogP contribution in [0.4, 0.5) is 8.78 Å². The van der Waals surface area contributed by atoms with Gasteiger partial charge in [0.2, 0.25) is 0 Å². The molecule has 0 fully saturated rings. The van der Waals surface area contributed by atoms with Gasteiger partial charge in [0.25, 0.3) is 0 Å². The maximum absolute atomic E-state index is 13.7. The summed E-state index contributed by atoms with van der Waals surface area (Å²) in [5.41, 5.74) is 0.529. The van der Waals surface area contributed by atoms with Crippen molar-refractivity contribution in [3.63, 3.8) is 0 Å². The topological polar surface area (TPSA) is 21.3 Å². The number of ether oxygens (including phenoxy) is 1. The summed E-state index contributed by atoms with van der Waals surface area (Å²) in [7, 11) is 1.65. The van der Waals surface area contributed by atoms with Crippen LogP contribution < -0.4 is 5.32 Å². The van der Waals surface area contributed by atoms with Crippen molar-refractivity contribution in [1.29, 1.82) is 0 Å². The van der Waals surface area contributed by atoms with E-state index >= 15 is 0 Å². The third-order valence-corrected chi connectivity index (χ3v) is 2.82. The number of rotatable bonds is 8. The second-order valence-corrected chi connectivity index (χ2v) is 4.31. The Morgan fingerprint density at radius 2 is 2.11 bits per heavy atom. The van der Waals surface area contributed by atoms with Crippen molar-refractivity contribution in [3.05, 3.63) is 35.4 Å². The van der Waals surface area contributed by atoms with Gasteiger partial charge in [-0.3, -0.25) is 0 Å². The SMILES string of the molecule is CCCNC(CCCOC)c1ccc(F)cc1F. The van der Waals surface area contributed by atoms with Crippen LogP contribution in [0, 0.1) is 11.6 Å². The molecule has 0 saturated heterocycles. The Balaban J connectivity index is 2.73. The number of methoxy groups -OCH3 is 1. The summed E-state index contributed by atoms with van der Waals surface area (Å²) in [6.07, 6.45) is 2.59. The van der Waals surface area contributed by atoms with Crippen LogP contribution >= 0.6 is 0 Å². The normalized spacial score (nSPS) is 12.7. The van der Waals surface area contributed by atoms with Crippen LogP contribution in [0.3, 0.4) is 0 Å². The molecular formula is C14H21F2NO. The predicted molar refractivity (Wildman–Crippen MR) is 68.5 cm³/mol. The smallest absolute Gasteiger partial charge is 0.130 e. The number of benzene rings is 1. The van der Waals surface area contributed by atoms with Gasteiger partial charge >= 0.3 is 0 Å². The van der Waals surface area contributed by atoms with Crippen molar-refractivity contribution in [2.75, 3.05) is 20.3 Å². The van der Waals surface area contributed by atoms with Crippen LogP contribution in [0.25, 0.3) is 0 Å². The highest BCUT2D eigenvalue weighted by Gasteiger charge is 2.15. The lowest BCUT2D eigenvalue weighted by molar-refractivity contribution is 0.188. The quantitative estimate of drug-likeness (QED) is 0.720. The summed E-state index contributed by atoms with van der Waals surface area (Å²) >= 11 is 0. The zero-order valence-corrected chi connectivity index (χ0v) is 11.0. The monoisotopic (exact) mass is 257 g/mol. The first kappa shape index (κ1) is 15.1. The van der Waals surface area contributed by atoms with E-state index in [4.69, 9.17) is 4.74 Å². The lowest BCUT2D eigenvalue weighted by atomic mass is 10.0. The van der Waals surface area contributed by atoms with Gasteiger partial charge in [0.15, 0.2) is 0 Å². The van der Waals surface area contributed by atoms with Gasteiger partial charge < -0.3 is 10.1 Å². The summed E-state index contributed by atoms with van der Waals surface area (Å²) in [6, 6.07) is 3.67. The molecule has 0 amide bonds. The van der Waals surface area contributed by atoms with E-state index in [0.717, 1.165) is 31.9 Å². The summed E-state index contributed by atoms with van der Waals surface area (Å²) in [5, 5.41) is 3.29. The fraction of sp³-hybridized carbons (Fsp3) is 0.571. The maximum Gasteiger partial charge on any atom is 0.130 e. The van der Waals surface area contributed by atoms with Crippen LogP contribution in [-0.2, 0) is 4.74 Å². The third kappa shape index (κ3) is 4.70. The Hall–Kier alpha value is -1.00. The summed E-state index contributed by atoms with van der Waals surface area (Å²) in [6.45, 7) is 3.52. The number of hydrogen-bond acceptors (Lipinski definition) is 2. The van der Waals surface area contributed by atoms with E-state index < -0.39 is 11.6 Å². The van der Waals surface area contributed by atoms with E-state index in [1.165, 1.54) is 12.1 Å². The van der Waals surface area contributed by atoms with Gasteiger partial charge in [-0.15, -0.1) is 0 Å². The average molecular weight is 257 g/mol. The molecular weight excluding hydrogens is 236 g/mol. The molecule has 0 aromatic heterocycles. The zero-order valence-electron chi connectivity index (χ0n) is 11.0. The van der Waals surface area contributed by atoms with Gasteiger partial charge in [-0.05, 0) is 31.9 Å². The molecule has 1 rings (SSSR count). The van der Waals surface area contributed by atoms with Crippen molar-refractivity contribution in [2.45, 2.75) is 32.2 Å². The minimum absolute atomic E-state index is 0.0827. The molecule has 1 unspecified atom stereocenters. The molecule has 1 aromatic carbocycles. The Morgan fingerprint density at radius 3 is 2.72 bits per heavy atom. The van der Waals surface area contributed by atoms with Gasteiger partial charge in [0.1, 0.15) is 11.6 Å². The highest BCUT2D eigenvalue weighted by Crippen LogP contribution is 2.22. The van der Waals surface area contributed by atoms with Crippen molar-refractivity contribution < 1.29 is 13.5 Å². The van der Waals surface area contributed by atoms with Gasteiger partial charge in [-0.1, -0.05) is 13.0 Å². The first-order valence-electron chi connectivity index (χ1n) is 6.36. The highest BCUT2D eigenvalue weighted by molar-refractivity contribution is 5.22. The van der Waals surface area contributed by atoms with Crippen LogP contribution in [0.15, 0.2) is 18.2 Å². The van der Waals surface area contributed by atoms with Crippen LogP contribution in [-0.4, -0.2) is 20.3 Å². The fourth-order valence-corrected chi connectivity index (χ4v) is 1.90. The van der Waals surface area contributed by atoms with Gasteiger partial charge in [0.05, 0.1) is 0 Å². The van der Waals surface area contributed by atoms with Crippen LogP contribution in [0.1, 0.15) is 37.8 Å². The molecule has 0 spiro atoms. The number of nitrogens with one attached hydrogen (secondary N) is 1. The lowest BCUT2D eigenvalue weighted by Gasteiger charge is -2.19. The van der Waals surface area contributed by atoms with Crippen molar-refractivity contribution >= 4 is 0 Å². The molecule has 1 atom stereocenters. The summed E-state index contributed by atoms with van der Waals surface area (Å²) in [4.78, 5) is 0. The largest absolute Gasteiger partial charge is 0.385 e. The molecule has 18 heavy (non-hydrogen) atoms. The second-order valence-electron chi connectivity index (χ2n) is 4.31. The maximum atomic E-state index is 13.7. The van der Waals surface area contributed by atoms with Crippen molar-refractivity contribution in [2.24, 2.45) is 0 Å². The standard InChI is InChI=1S/C14H21F2NO/c1-3-8-17-14(5-4-9-18-2)12-7-6-11(15)10-13(12)16/h6-7,10,14,17H,3-5,8-9H2,1-2H3.